The molecular weight excluding hydrogens is 510 g/mol. The van der Waals surface area contributed by atoms with Crippen molar-refractivity contribution in [3.8, 4) is 11.5 Å². The molecule has 170 valence electrons. The molecule has 0 amide bonds. The van der Waals surface area contributed by atoms with Gasteiger partial charge in [0.1, 0.15) is 5.82 Å². The minimum absolute atomic E-state index is 0. The highest BCUT2D eigenvalue weighted by atomic mass is 127. The standard InChI is InChI=1S/C23H31FN4O2.HI/c1-25-23(26-14-20(27(2)3)16-6-8-19(24)9-7-16)28-11-10-17-12-21(29-4)22(30-5)13-18(17)15-28;/h6-9,12-13,20H,10-11,14-15H2,1-5H3,(H,25,26);1H. The van der Waals surface area contributed by atoms with Gasteiger partial charge in [0.05, 0.1) is 20.3 Å². The number of hydrogen-bond acceptors (Lipinski definition) is 4. The second-order valence-corrected chi connectivity index (χ2v) is 7.61. The number of halogens is 2. The van der Waals surface area contributed by atoms with Crippen LogP contribution in [0.4, 0.5) is 4.39 Å². The summed E-state index contributed by atoms with van der Waals surface area (Å²) in [5.41, 5.74) is 3.55. The fraction of sp³-hybridized carbons (Fsp3) is 0.435. The molecule has 1 aliphatic heterocycles. The van der Waals surface area contributed by atoms with Gasteiger partial charge in [0.15, 0.2) is 17.5 Å². The molecule has 31 heavy (non-hydrogen) atoms. The predicted molar refractivity (Wildman–Crippen MR) is 133 cm³/mol. The fourth-order valence-corrected chi connectivity index (χ4v) is 3.87. The van der Waals surface area contributed by atoms with E-state index >= 15 is 0 Å². The summed E-state index contributed by atoms with van der Waals surface area (Å²) >= 11 is 0. The Labute approximate surface area is 201 Å². The van der Waals surface area contributed by atoms with Gasteiger partial charge in [-0.05, 0) is 61.5 Å². The molecule has 1 N–H and O–H groups in total. The summed E-state index contributed by atoms with van der Waals surface area (Å²) in [5, 5.41) is 3.50. The quantitative estimate of drug-likeness (QED) is 0.343. The van der Waals surface area contributed by atoms with Gasteiger partial charge in [0, 0.05) is 26.7 Å². The number of aliphatic imine (C=N–C) groups is 1. The van der Waals surface area contributed by atoms with Crippen LogP contribution in [0.1, 0.15) is 22.7 Å². The maximum atomic E-state index is 13.3. The second kappa shape index (κ2) is 11.5. The Hall–Kier alpha value is -2.07. The summed E-state index contributed by atoms with van der Waals surface area (Å²) in [4.78, 5) is 8.86. The highest BCUT2D eigenvalue weighted by molar-refractivity contribution is 14.0. The van der Waals surface area contributed by atoms with Crippen molar-refractivity contribution in [2.45, 2.75) is 19.0 Å². The van der Waals surface area contributed by atoms with Gasteiger partial charge in [0.2, 0.25) is 0 Å². The first-order valence-corrected chi connectivity index (χ1v) is 10.1. The summed E-state index contributed by atoms with van der Waals surface area (Å²) in [7, 11) is 9.16. The van der Waals surface area contributed by atoms with Gasteiger partial charge >= 0.3 is 0 Å². The fourth-order valence-electron chi connectivity index (χ4n) is 3.87. The second-order valence-electron chi connectivity index (χ2n) is 7.61. The third-order valence-corrected chi connectivity index (χ3v) is 5.56. The number of methoxy groups -OCH3 is 2. The van der Waals surface area contributed by atoms with Crippen molar-refractivity contribution in [3.63, 3.8) is 0 Å². The molecule has 0 fully saturated rings. The molecule has 2 aromatic carbocycles. The Morgan fingerprint density at radius 2 is 1.74 bits per heavy atom. The van der Waals surface area contributed by atoms with Crippen LogP contribution in [0.5, 0.6) is 11.5 Å². The molecule has 0 saturated heterocycles. The number of guanidine groups is 1. The first-order valence-electron chi connectivity index (χ1n) is 10.1. The van der Waals surface area contributed by atoms with Crippen LogP contribution in [0.3, 0.4) is 0 Å². The van der Waals surface area contributed by atoms with Crippen molar-refractivity contribution in [2.24, 2.45) is 4.99 Å². The number of ether oxygens (including phenoxy) is 2. The van der Waals surface area contributed by atoms with Crippen molar-refractivity contribution in [1.82, 2.24) is 15.1 Å². The molecule has 3 rings (SSSR count). The van der Waals surface area contributed by atoms with Crippen LogP contribution in [0, 0.1) is 5.82 Å². The number of hydrogen-bond donors (Lipinski definition) is 1. The molecule has 0 spiro atoms. The van der Waals surface area contributed by atoms with E-state index in [0.29, 0.717) is 6.54 Å². The van der Waals surface area contributed by atoms with E-state index < -0.39 is 0 Å². The molecule has 2 aromatic rings. The number of benzene rings is 2. The molecule has 0 aromatic heterocycles. The zero-order valence-electron chi connectivity index (χ0n) is 18.8. The summed E-state index contributed by atoms with van der Waals surface area (Å²) in [6, 6.07) is 10.9. The number of nitrogens with zero attached hydrogens (tertiary/aromatic N) is 3. The zero-order valence-corrected chi connectivity index (χ0v) is 21.1. The molecule has 8 heteroatoms. The molecule has 0 radical (unpaired) electrons. The van der Waals surface area contributed by atoms with Crippen LogP contribution >= 0.6 is 24.0 Å². The van der Waals surface area contributed by atoms with Crippen molar-refractivity contribution < 1.29 is 13.9 Å². The van der Waals surface area contributed by atoms with Crippen LogP contribution in [0.15, 0.2) is 41.4 Å². The SMILES string of the molecule is CN=C(NCC(c1ccc(F)cc1)N(C)C)N1CCc2cc(OC)c(OC)cc2C1.I. The van der Waals surface area contributed by atoms with E-state index in [2.05, 4.69) is 32.2 Å². The largest absolute Gasteiger partial charge is 0.493 e. The average Bonchev–Trinajstić information content (AvgIpc) is 2.76. The van der Waals surface area contributed by atoms with E-state index in [9.17, 15) is 4.39 Å². The minimum atomic E-state index is -0.223. The first-order chi connectivity index (χ1) is 14.5. The van der Waals surface area contributed by atoms with Gasteiger partial charge in [-0.15, -0.1) is 24.0 Å². The van der Waals surface area contributed by atoms with Crippen LogP contribution in [-0.2, 0) is 13.0 Å². The lowest BCUT2D eigenvalue weighted by Gasteiger charge is -2.33. The molecule has 1 unspecified atom stereocenters. The smallest absolute Gasteiger partial charge is 0.194 e. The highest BCUT2D eigenvalue weighted by Crippen LogP contribution is 2.33. The molecule has 0 bridgehead atoms. The van der Waals surface area contributed by atoms with E-state index in [1.165, 1.54) is 23.3 Å². The third-order valence-electron chi connectivity index (χ3n) is 5.56. The third kappa shape index (κ3) is 6.00. The number of likely N-dealkylation sites (N-methyl/N-ethyl adjacent to an activating group) is 1. The number of rotatable bonds is 6. The molecule has 0 saturated carbocycles. The van der Waals surface area contributed by atoms with Crippen LogP contribution in [0.25, 0.3) is 0 Å². The minimum Gasteiger partial charge on any atom is -0.493 e. The molecule has 1 aliphatic rings. The van der Waals surface area contributed by atoms with Crippen molar-refractivity contribution in [1.29, 1.82) is 0 Å². The zero-order chi connectivity index (χ0) is 21.7. The summed E-state index contributed by atoms with van der Waals surface area (Å²) < 4.78 is 24.2. The van der Waals surface area contributed by atoms with Gasteiger partial charge < -0.3 is 24.6 Å². The van der Waals surface area contributed by atoms with E-state index in [1.54, 1.807) is 21.3 Å². The van der Waals surface area contributed by atoms with E-state index in [1.807, 2.05) is 26.2 Å². The van der Waals surface area contributed by atoms with Crippen molar-refractivity contribution in [2.75, 3.05) is 48.5 Å². The Bertz CT molecular complexity index is 890. The lowest BCUT2D eigenvalue weighted by Crippen LogP contribution is -2.46. The topological polar surface area (TPSA) is 49.3 Å². The van der Waals surface area contributed by atoms with Crippen LogP contribution in [0.2, 0.25) is 0 Å². The van der Waals surface area contributed by atoms with Gasteiger partial charge in [-0.25, -0.2) is 4.39 Å². The summed E-state index contributed by atoms with van der Waals surface area (Å²) in [6.07, 6.45) is 0.908. The van der Waals surface area contributed by atoms with E-state index in [4.69, 9.17) is 9.47 Å². The summed E-state index contributed by atoms with van der Waals surface area (Å²) in [6.45, 7) is 2.28. The van der Waals surface area contributed by atoms with Gasteiger partial charge in [-0.2, -0.15) is 0 Å². The Morgan fingerprint density at radius 3 is 2.29 bits per heavy atom. The molecule has 1 atom stereocenters. The highest BCUT2D eigenvalue weighted by Gasteiger charge is 2.23. The van der Waals surface area contributed by atoms with Crippen molar-refractivity contribution in [3.05, 3.63) is 58.9 Å². The maximum Gasteiger partial charge on any atom is 0.194 e. The van der Waals surface area contributed by atoms with E-state index in [-0.39, 0.29) is 35.8 Å². The number of fused-ring (bicyclic) bond motifs is 1. The maximum absolute atomic E-state index is 13.3. The van der Waals surface area contributed by atoms with Crippen molar-refractivity contribution >= 4 is 29.9 Å². The Kier molecular flexibility index (Phi) is 9.36. The molecule has 1 heterocycles. The van der Waals surface area contributed by atoms with Gasteiger partial charge in [-0.3, -0.25) is 4.99 Å². The van der Waals surface area contributed by atoms with Crippen LogP contribution < -0.4 is 14.8 Å². The first kappa shape index (κ1) is 25.2. The predicted octanol–water partition coefficient (Wildman–Crippen LogP) is 3.70. The molecule has 0 aliphatic carbocycles. The monoisotopic (exact) mass is 542 g/mol. The van der Waals surface area contributed by atoms with E-state index in [0.717, 1.165) is 42.5 Å². The lowest BCUT2D eigenvalue weighted by molar-refractivity contribution is 0.291. The molecular formula is C23H32FIN4O2. The summed E-state index contributed by atoms with van der Waals surface area (Å²) in [5.74, 6) is 2.13. The average molecular weight is 542 g/mol. The van der Waals surface area contributed by atoms with Gasteiger partial charge in [-0.1, -0.05) is 12.1 Å². The Morgan fingerprint density at radius 1 is 1.13 bits per heavy atom. The van der Waals surface area contributed by atoms with Gasteiger partial charge in [0.25, 0.3) is 0 Å². The lowest BCUT2D eigenvalue weighted by atomic mass is 9.99. The van der Waals surface area contributed by atoms with Crippen LogP contribution in [-0.4, -0.2) is 64.2 Å². The normalized spacial score (nSPS) is 14.5. The molecule has 6 nitrogen and oxygen atoms in total. The number of nitrogens with one attached hydrogen (secondary N) is 1. The Balaban J connectivity index is 0.00000341.